The lowest BCUT2D eigenvalue weighted by Gasteiger charge is -2.02. The molecule has 0 bridgehead atoms. The average molecular weight is 301 g/mol. The zero-order valence-electron chi connectivity index (χ0n) is 10.3. The molecule has 3 aromatic rings. The third-order valence-corrected chi connectivity index (χ3v) is 4.09. The second kappa shape index (κ2) is 5.53. The molecule has 3 rings (SSSR count). The first kappa shape index (κ1) is 13.0. The molecule has 0 N–H and O–H groups in total. The van der Waals surface area contributed by atoms with Crippen molar-refractivity contribution in [3.63, 3.8) is 0 Å². The van der Waals surface area contributed by atoms with Crippen LogP contribution in [0.1, 0.15) is 9.80 Å². The number of halogens is 1. The SMILES string of the molecule is O=C(Cl)c1nnc(-c2ccc(-c3ccccc3)cc2)s1. The van der Waals surface area contributed by atoms with Gasteiger partial charge in [-0.2, -0.15) is 0 Å². The van der Waals surface area contributed by atoms with Crippen LogP contribution in [0, 0.1) is 0 Å². The van der Waals surface area contributed by atoms with E-state index in [1.165, 1.54) is 11.3 Å². The van der Waals surface area contributed by atoms with Crippen LogP contribution in [-0.2, 0) is 0 Å². The van der Waals surface area contributed by atoms with Crippen LogP contribution >= 0.6 is 22.9 Å². The summed E-state index contributed by atoms with van der Waals surface area (Å²) < 4.78 is 0. The van der Waals surface area contributed by atoms with E-state index in [0.29, 0.717) is 5.01 Å². The first-order chi connectivity index (χ1) is 9.74. The van der Waals surface area contributed by atoms with Gasteiger partial charge in [-0.3, -0.25) is 4.79 Å². The van der Waals surface area contributed by atoms with Crippen LogP contribution in [0.15, 0.2) is 54.6 Å². The summed E-state index contributed by atoms with van der Waals surface area (Å²) in [5.41, 5.74) is 3.21. The van der Waals surface area contributed by atoms with Gasteiger partial charge in [-0.1, -0.05) is 65.9 Å². The molecule has 0 saturated heterocycles. The first-order valence-electron chi connectivity index (χ1n) is 5.93. The Morgan fingerprint density at radius 1 is 0.850 bits per heavy atom. The number of carbonyl (C=O) groups excluding carboxylic acids is 1. The zero-order chi connectivity index (χ0) is 13.9. The van der Waals surface area contributed by atoms with Gasteiger partial charge in [-0.25, -0.2) is 0 Å². The maximum Gasteiger partial charge on any atom is 0.283 e. The van der Waals surface area contributed by atoms with Gasteiger partial charge in [-0.05, 0) is 22.7 Å². The van der Waals surface area contributed by atoms with Crippen molar-refractivity contribution in [1.82, 2.24) is 10.2 Å². The summed E-state index contributed by atoms with van der Waals surface area (Å²) >= 11 is 6.57. The second-order valence-corrected chi connectivity index (χ2v) is 5.45. The third kappa shape index (κ3) is 2.61. The molecule has 1 aromatic heterocycles. The molecule has 0 atom stereocenters. The number of carbonyl (C=O) groups is 1. The zero-order valence-corrected chi connectivity index (χ0v) is 11.9. The molecule has 0 aliphatic heterocycles. The van der Waals surface area contributed by atoms with Crippen molar-refractivity contribution in [2.75, 3.05) is 0 Å². The Balaban J connectivity index is 1.91. The molecular formula is C15H9ClN2OS. The van der Waals surface area contributed by atoms with E-state index in [1.807, 2.05) is 42.5 Å². The lowest BCUT2D eigenvalue weighted by molar-refractivity contribution is 0.108. The Bertz CT molecular complexity index is 738. The monoisotopic (exact) mass is 300 g/mol. The van der Waals surface area contributed by atoms with Crippen LogP contribution in [0.2, 0.25) is 0 Å². The highest BCUT2D eigenvalue weighted by atomic mass is 35.5. The van der Waals surface area contributed by atoms with Gasteiger partial charge < -0.3 is 0 Å². The van der Waals surface area contributed by atoms with E-state index in [4.69, 9.17) is 11.6 Å². The summed E-state index contributed by atoms with van der Waals surface area (Å²) in [7, 11) is 0. The number of benzene rings is 2. The highest BCUT2D eigenvalue weighted by Gasteiger charge is 2.11. The second-order valence-electron chi connectivity index (χ2n) is 4.13. The summed E-state index contributed by atoms with van der Waals surface area (Å²) in [5, 5.41) is 8.06. The molecule has 20 heavy (non-hydrogen) atoms. The summed E-state index contributed by atoms with van der Waals surface area (Å²) in [6.07, 6.45) is 0. The molecule has 0 saturated carbocycles. The Morgan fingerprint density at radius 2 is 1.45 bits per heavy atom. The minimum Gasteiger partial charge on any atom is -0.273 e. The van der Waals surface area contributed by atoms with Crippen LogP contribution in [0.4, 0.5) is 0 Å². The van der Waals surface area contributed by atoms with Gasteiger partial charge in [0.05, 0.1) is 0 Å². The van der Waals surface area contributed by atoms with Gasteiger partial charge >= 0.3 is 0 Å². The Morgan fingerprint density at radius 3 is 2.05 bits per heavy atom. The topological polar surface area (TPSA) is 42.9 Å². The molecule has 98 valence electrons. The van der Waals surface area contributed by atoms with Crippen molar-refractivity contribution in [1.29, 1.82) is 0 Å². The Kier molecular flexibility index (Phi) is 3.58. The third-order valence-electron chi connectivity index (χ3n) is 2.83. The van der Waals surface area contributed by atoms with E-state index in [-0.39, 0.29) is 5.01 Å². The molecule has 0 amide bonds. The summed E-state index contributed by atoms with van der Waals surface area (Å²) in [6.45, 7) is 0. The number of hydrogen-bond donors (Lipinski definition) is 0. The van der Waals surface area contributed by atoms with E-state index in [0.717, 1.165) is 16.7 Å². The minimum absolute atomic E-state index is 0.216. The first-order valence-corrected chi connectivity index (χ1v) is 7.13. The highest BCUT2D eigenvalue weighted by molar-refractivity contribution is 7.18. The van der Waals surface area contributed by atoms with Crippen LogP contribution in [-0.4, -0.2) is 15.4 Å². The number of aromatic nitrogens is 2. The van der Waals surface area contributed by atoms with E-state index in [1.54, 1.807) is 0 Å². The standard InChI is InChI=1S/C15H9ClN2OS/c16-13(19)15-18-17-14(20-15)12-8-6-11(7-9-12)10-4-2-1-3-5-10/h1-9H. The fourth-order valence-electron chi connectivity index (χ4n) is 1.86. The molecule has 1 heterocycles. The lowest BCUT2D eigenvalue weighted by atomic mass is 10.0. The molecule has 0 fully saturated rings. The molecule has 0 unspecified atom stereocenters. The van der Waals surface area contributed by atoms with Crippen molar-refractivity contribution in [2.45, 2.75) is 0 Å². The predicted molar refractivity (Wildman–Crippen MR) is 81.0 cm³/mol. The summed E-state index contributed by atoms with van der Waals surface area (Å²) in [4.78, 5) is 11.0. The summed E-state index contributed by atoms with van der Waals surface area (Å²) in [5.74, 6) is 0. The van der Waals surface area contributed by atoms with Crippen molar-refractivity contribution >= 4 is 28.2 Å². The highest BCUT2D eigenvalue weighted by Crippen LogP contribution is 2.27. The van der Waals surface area contributed by atoms with E-state index in [2.05, 4.69) is 22.3 Å². The maximum atomic E-state index is 11.0. The molecule has 0 spiro atoms. The smallest absolute Gasteiger partial charge is 0.273 e. The van der Waals surface area contributed by atoms with E-state index in [9.17, 15) is 4.79 Å². The van der Waals surface area contributed by atoms with Crippen molar-refractivity contribution in [3.8, 4) is 21.7 Å². The average Bonchev–Trinajstić information content (AvgIpc) is 2.98. The number of nitrogens with zero attached hydrogens (tertiary/aromatic N) is 2. The molecule has 0 radical (unpaired) electrons. The molecule has 5 heteroatoms. The largest absolute Gasteiger partial charge is 0.283 e. The van der Waals surface area contributed by atoms with E-state index < -0.39 is 5.24 Å². The quantitative estimate of drug-likeness (QED) is 0.679. The van der Waals surface area contributed by atoms with Crippen LogP contribution in [0.25, 0.3) is 21.7 Å². The van der Waals surface area contributed by atoms with Gasteiger partial charge in [0.1, 0.15) is 5.01 Å². The number of hydrogen-bond acceptors (Lipinski definition) is 4. The number of rotatable bonds is 3. The fourth-order valence-corrected chi connectivity index (χ4v) is 2.69. The summed E-state index contributed by atoms with van der Waals surface area (Å²) in [6, 6.07) is 18.1. The molecule has 2 aromatic carbocycles. The van der Waals surface area contributed by atoms with Gasteiger partial charge in [0, 0.05) is 5.56 Å². The van der Waals surface area contributed by atoms with Crippen molar-refractivity contribution in [3.05, 3.63) is 59.6 Å². The van der Waals surface area contributed by atoms with Gasteiger partial charge in [0.2, 0.25) is 5.01 Å². The van der Waals surface area contributed by atoms with Crippen molar-refractivity contribution < 1.29 is 4.79 Å². The normalized spacial score (nSPS) is 10.4. The minimum atomic E-state index is -0.574. The van der Waals surface area contributed by atoms with Gasteiger partial charge in [0.25, 0.3) is 5.24 Å². The van der Waals surface area contributed by atoms with E-state index >= 15 is 0 Å². The predicted octanol–water partition coefficient (Wildman–Crippen LogP) is 4.25. The maximum absolute atomic E-state index is 11.0. The Labute approximate surface area is 124 Å². The van der Waals surface area contributed by atoms with Gasteiger partial charge in [-0.15, -0.1) is 10.2 Å². The van der Waals surface area contributed by atoms with Crippen LogP contribution in [0.5, 0.6) is 0 Å². The molecular weight excluding hydrogens is 292 g/mol. The molecule has 3 nitrogen and oxygen atoms in total. The fraction of sp³-hybridized carbons (Fsp3) is 0. The Hall–Kier alpha value is -2.04. The molecule has 0 aliphatic rings. The van der Waals surface area contributed by atoms with Gasteiger partial charge in [0.15, 0.2) is 0 Å². The van der Waals surface area contributed by atoms with Crippen LogP contribution < -0.4 is 0 Å². The molecule has 0 aliphatic carbocycles. The lowest BCUT2D eigenvalue weighted by Crippen LogP contribution is -1.85. The van der Waals surface area contributed by atoms with Crippen molar-refractivity contribution in [2.24, 2.45) is 0 Å². The van der Waals surface area contributed by atoms with Crippen LogP contribution in [0.3, 0.4) is 0 Å².